The fourth-order valence-corrected chi connectivity index (χ4v) is 5.63. The largest absolute Gasteiger partial charge is 0.368 e. The summed E-state index contributed by atoms with van der Waals surface area (Å²) in [5.74, 6) is 0.278. The van der Waals surface area contributed by atoms with Gasteiger partial charge in [-0.3, -0.25) is 14.7 Å². The molecular weight excluding hydrogens is 455 g/mol. The summed E-state index contributed by atoms with van der Waals surface area (Å²) in [5.41, 5.74) is 5.83. The molecule has 1 atom stereocenters. The number of allylic oxidation sites excluding steroid dienone is 4. The molecule has 5 rings (SSSR count). The summed E-state index contributed by atoms with van der Waals surface area (Å²) in [5, 5.41) is 4.44. The second kappa shape index (κ2) is 10.0. The van der Waals surface area contributed by atoms with Crippen molar-refractivity contribution in [3.63, 3.8) is 0 Å². The summed E-state index contributed by atoms with van der Waals surface area (Å²) < 4.78 is 0. The Morgan fingerprint density at radius 3 is 2.85 bits per heavy atom. The SMILES string of the molecule is O=C(NCCCCN1CCN(c2cccc(Cl)c2Cl)CC1)C1CCC2=NC3=CC=CC3=C2C1. The lowest BCUT2D eigenvalue weighted by atomic mass is 9.82. The zero-order chi connectivity index (χ0) is 22.8. The Kier molecular flexibility index (Phi) is 6.91. The van der Waals surface area contributed by atoms with Crippen LogP contribution in [0.4, 0.5) is 5.69 Å². The summed E-state index contributed by atoms with van der Waals surface area (Å²) in [4.78, 5) is 22.2. The standard InChI is InChI=1S/C26H30Cl2N4O/c27-21-6-4-8-24(25(21)28)32-15-13-31(14-16-32)12-2-1-11-29-26(33)18-9-10-23-20(17-18)19-5-3-7-22(19)30-23/h3-8,18H,1-2,9-17H2,(H,29,33). The second-order valence-corrected chi connectivity index (χ2v) is 9.99. The van der Waals surface area contributed by atoms with Gasteiger partial charge in [-0.1, -0.05) is 41.4 Å². The van der Waals surface area contributed by atoms with Crippen molar-refractivity contribution in [3.8, 4) is 0 Å². The van der Waals surface area contributed by atoms with Crippen molar-refractivity contribution in [1.29, 1.82) is 0 Å². The Hall–Kier alpha value is -2.08. The van der Waals surface area contributed by atoms with Crippen LogP contribution in [-0.2, 0) is 4.79 Å². The monoisotopic (exact) mass is 484 g/mol. The first-order valence-corrected chi connectivity index (χ1v) is 12.7. The molecule has 1 N–H and O–H groups in total. The van der Waals surface area contributed by atoms with E-state index in [0.717, 1.165) is 82.8 Å². The van der Waals surface area contributed by atoms with Crippen LogP contribution >= 0.6 is 23.2 Å². The van der Waals surface area contributed by atoms with E-state index in [4.69, 9.17) is 28.2 Å². The number of unbranched alkanes of at least 4 members (excludes halogenated alkanes) is 1. The maximum atomic E-state index is 12.7. The topological polar surface area (TPSA) is 47.9 Å². The summed E-state index contributed by atoms with van der Waals surface area (Å²) in [6.07, 6.45) is 11.0. The number of piperazine rings is 1. The molecule has 2 heterocycles. The highest BCUT2D eigenvalue weighted by atomic mass is 35.5. The Balaban J connectivity index is 0.998. The Morgan fingerprint density at radius 2 is 2.00 bits per heavy atom. The molecule has 2 fully saturated rings. The molecule has 0 radical (unpaired) electrons. The van der Waals surface area contributed by atoms with Crippen molar-refractivity contribution < 1.29 is 4.79 Å². The van der Waals surface area contributed by atoms with Gasteiger partial charge in [0.2, 0.25) is 5.91 Å². The molecule has 0 aromatic heterocycles. The van der Waals surface area contributed by atoms with Gasteiger partial charge >= 0.3 is 0 Å². The van der Waals surface area contributed by atoms with Crippen LogP contribution in [0.1, 0.15) is 32.1 Å². The molecule has 174 valence electrons. The smallest absolute Gasteiger partial charge is 0.223 e. The van der Waals surface area contributed by atoms with Crippen molar-refractivity contribution in [3.05, 3.63) is 63.3 Å². The molecule has 0 spiro atoms. The number of halogens is 2. The number of amides is 1. The van der Waals surface area contributed by atoms with Crippen LogP contribution in [0.2, 0.25) is 10.0 Å². The summed E-state index contributed by atoms with van der Waals surface area (Å²) in [7, 11) is 0. The Labute approximate surface area is 205 Å². The number of benzene rings is 1. The van der Waals surface area contributed by atoms with E-state index in [2.05, 4.69) is 27.3 Å². The first-order chi connectivity index (χ1) is 16.1. The Bertz CT molecular complexity index is 1050. The average Bonchev–Trinajstić information content (AvgIpc) is 3.42. The van der Waals surface area contributed by atoms with Crippen LogP contribution in [-0.4, -0.2) is 55.8 Å². The third kappa shape index (κ3) is 4.91. The molecule has 1 aromatic rings. The van der Waals surface area contributed by atoms with E-state index >= 15 is 0 Å². The number of aliphatic imine (C=N–C) groups is 1. The van der Waals surface area contributed by atoms with E-state index < -0.39 is 0 Å². The van der Waals surface area contributed by atoms with Gasteiger partial charge in [0.05, 0.1) is 21.4 Å². The summed E-state index contributed by atoms with van der Waals surface area (Å²) in [6.45, 7) is 5.76. The van der Waals surface area contributed by atoms with Crippen LogP contribution in [0.5, 0.6) is 0 Å². The van der Waals surface area contributed by atoms with E-state index in [1.54, 1.807) is 0 Å². The Morgan fingerprint density at radius 1 is 1.15 bits per heavy atom. The molecule has 0 bridgehead atoms. The van der Waals surface area contributed by atoms with Gasteiger partial charge in [0.15, 0.2) is 0 Å². The molecule has 1 amide bonds. The maximum Gasteiger partial charge on any atom is 0.223 e. The van der Waals surface area contributed by atoms with Gasteiger partial charge in [-0.05, 0) is 62.4 Å². The lowest BCUT2D eigenvalue weighted by molar-refractivity contribution is -0.125. The zero-order valence-electron chi connectivity index (χ0n) is 18.8. The average molecular weight is 485 g/mol. The molecule has 1 saturated carbocycles. The van der Waals surface area contributed by atoms with Crippen LogP contribution in [0.25, 0.3) is 0 Å². The molecule has 4 aliphatic rings. The number of fused-ring (bicyclic) bond motifs is 2. The number of anilines is 1. The number of rotatable bonds is 7. The van der Waals surface area contributed by atoms with E-state index in [0.29, 0.717) is 10.0 Å². The molecule has 2 aliphatic heterocycles. The van der Waals surface area contributed by atoms with E-state index in [9.17, 15) is 4.79 Å². The molecule has 33 heavy (non-hydrogen) atoms. The number of hydrogen-bond donors (Lipinski definition) is 1. The van der Waals surface area contributed by atoms with Crippen molar-refractivity contribution in [1.82, 2.24) is 10.2 Å². The van der Waals surface area contributed by atoms with Crippen molar-refractivity contribution in [2.24, 2.45) is 10.9 Å². The molecule has 5 nitrogen and oxygen atoms in total. The second-order valence-electron chi connectivity index (χ2n) is 9.20. The van der Waals surface area contributed by atoms with Crippen molar-refractivity contribution in [2.75, 3.05) is 44.2 Å². The third-order valence-electron chi connectivity index (χ3n) is 7.12. The lowest BCUT2D eigenvalue weighted by Crippen LogP contribution is -2.46. The minimum atomic E-state index is 0.0752. The van der Waals surface area contributed by atoms with Gasteiger partial charge in [0, 0.05) is 49.9 Å². The van der Waals surface area contributed by atoms with Crippen LogP contribution < -0.4 is 10.2 Å². The van der Waals surface area contributed by atoms with Gasteiger partial charge in [-0.15, -0.1) is 0 Å². The summed E-state index contributed by atoms with van der Waals surface area (Å²) >= 11 is 12.5. The molecule has 1 unspecified atom stereocenters. The molecular formula is C26H30Cl2N4O. The number of carbonyl (C=O) groups is 1. The van der Waals surface area contributed by atoms with Crippen molar-refractivity contribution >= 4 is 40.5 Å². The zero-order valence-corrected chi connectivity index (χ0v) is 20.3. The number of hydrogen-bond acceptors (Lipinski definition) is 4. The minimum Gasteiger partial charge on any atom is -0.368 e. The maximum absolute atomic E-state index is 12.7. The van der Waals surface area contributed by atoms with E-state index in [1.807, 2.05) is 24.3 Å². The van der Waals surface area contributed by atoms with Gasteiger partial charge in [0.1, 0.15) is 0 Å². The van der Waals surface area contributed by atoms with E-state index in [1.165, 1.54) is 16.9 Å². The van der Waals surface area contributed by atoms with Crippen LogP contribution in [0, 0.1) is 5.92 Å². The van der Waals surface area contributed by atoms with Gasteiger partial charge in [0.25, 0.3) is 0 Å². The van der Waals surface area contributed by atoms with Gasteiger partial charge < -0.3 is 10.2 Å². The van der Waals surface area contributed by atoms with Crippen LogP contribution in [0.3, 0.4) is 0 Å². The highest BCUT2D eigenvalue weighted by Crippen LogP contribution is 2.39. The highest BCUT2D eigenvalue weighted by Gasteiger charge is 2.33. The van der Waals surface area contributed by atoms with E-state index in [-0.39, 0.29) is 11.8 Å². The lowest BCUT2D eigenvalue weighted by Gasteiger charge is -2.36. The fraction of sp³-hybridized carbons (Fsp3) is 0.462. The van der Waals surface area contributed by atoms with Gasteiger partial charge in [-0.25, -0.2) is 0 Å². The molecule has 2 aliphatic carbocycles. The first kappa shape index (κ1) is 22.7. The molecule has 7 heteroatoms. The third-order valence-corrected chi connectivity index (χ3v) is 7.93. The van der Waals surface area contributed by atoms with Gasteiger partial charge in [-0.2, -0.15) is 0 Å². The number of nitrogens with zero attached hydrogens (tertiary/aromatic N) is 3. The fourth-order valence-electron chi connectivity index (χ4n) is 5.21. The highest BCUT2D eigenvalue weighted by molar-refractivity contribution is 6.43. The summed E-state index contributed by atoms with van der Waals surface area (Å²) in [6, 6.07) is 5.82. The number of carbonyl (C=O) groups excluding carboxylic acids is 1. The quantitative estimate of drug-likeness (QED) is 0.552. The first-order valence-electron chi connectivity index (χ1n) is 12.0. The normalized spacial score (nSPS) is 22.2. The minimum absolute atomic E-state index is 0.0752. The molecule has 1 aromatic carbocycles. The number of nitrogens with one attached hydrogen (secondary N) is 1. The molecule has 1 saturated heterocycles. The predicted octanol–water partition coefficient (Wildman–Crippen LogP) is 5.02. The van der Waals surface area contributed by atoms with Crippen molar-refractivity contribution in [2.45, 2.75) is 32.1 Å². The van der Waals surface area contributed by atoms with Crippen LogP contribution in [0.15, 0.2) is 58.3 Å². The predicted molar refractivity (Wildman–Crippen MR) is 136 cm³/mol.